The van der Waals surface area contributed by atoms with Gasteiger partial charge in [0, 0.05) is 0 Å². The molecule has 0 saturated heterocycles. The zero-order valence-corrected chi connectivity index (χ0v) is 6.66. The number of rotatable bonds is 4. The average molecular weight is 156 g/mol. The number of carbonyl (C=O) groups is 1. The number of aliphatic imine (C=N–C) groups is 1. The Morgan fingerprint density at radius 2 is 2.27 bits per heavy atom. The first kappa shape index (κ1) is 9.85. The Morgan fingerprint density at radius 3 is 2.55 bits per heavy atom. The van der Waals surface area contributed by atoms with Crippen LogP contribution in [0.2, 0.25) is 0 Å². The molecule has 0 aromatic rings. The van der Waals surface area contributed by atoms with Gasteiger partial charge in [0.25, 0.3) is 0 Å². The molecule has 0 amide bonds. The van der Waals surface area contributed by atoms with Crippen LogP contribution in [0, 0.1) is 11.3 Å². The molecule has 0 radical (unpaired) electrons. The van der Waals surface area contributed by atoms with E-state index in [0.29, 0.717) is 6.42 Å². The summed E-state index contributed by atoms with van der Waals surface area (Å²) in [4.78, 5) is 13.8. The highest BCUT2D eigenvalue weighted by atomic mass is 16.4. The van der Waals surface area contributed by atoms with Crippen LogP contribution in [-0.4, -0.2) is 23.1 Å². The van der Waals surface area contributed by atoms with Crippen molar-refractivity contribution >= 4 is 12.0 Å². The van der Waals surface area contributed by atoms with Gasteiger partial charge in [-0.05, 0) is 12.3 Å². The minimum atomic E-state index is -0.988. The summed E-state index contributed by atoms with van der Waals surface area (Å²) in [5.41, 5.74) is 0. The topological polar surface area (TPSA) is 73.5 Å². The Balaban J connectivity index is 4.11. The SMILES string of the molecule is CC(C)C[C@H](N=C=N)C(=O)O. The molecule has 11 heavy (non-hydrogen) atoms. The molecule has 62 valence electrons. The van der Waals surface area contributed by atoms with Crippen LogP contribution in [0.3, 0.4) is 0 Å². The average Bonchev–Trinajstić information content (AvgIpc) is 1.86. The summed E-state index contributed by atoms with van der Waals surface area (Å²) in [5, 5.41) is 15.0. The molecular weight excluding hydrogens is 144 g/mol. The van der Waals surface area contributed by atoms with E-state index in [4.69, 9.17) is 10.5 Å². The van der Waals surface area contributed by atoms with Crippen LogP contribution in [0.25, 0.3) is 0 Å². The third-order valence-corrected chi connectivity index (χ3v) is 1.20. The third kappa shape index (κ3) is 4.28. The normalized spacial score (nSPS) is 12.3. The van der Waals surface area contributed by atoms with Crippen molar-refractivity contribution in [1.82, 2.24) is 0 Å². The van der Waals surface area contributed by atoms with E-state index in [1.54, 1.807) is 6.01 Å². The molecule has 2 N–H and O–H groups in total. The summed E-state index contributed by atoms with van der Waals surface area (Å²) in [6, 6.07) is 0.950. The van der Waals surface area contributed by atoms with Crippen LogP contribution in [0.1, 0.15) is 20.3 Å². The zero-order valence-electron chi connectivity index (χ0n) is 6.66. The summed E-state index contributed by atoms with van der Waals surface area (Å²) in [5.74, 6) is -0.716. The molecule has 0 rings (SSSR count). The van der Waals surface area contributed by atoms with E-state index in [-0.39, 0.29) is 5.92 Å². The Kier molecular flexibility index (Phi) is 4.15. The molecule has 0 aliphatic rings. The van der Waals surface area contributed by atoms with E-state index in [0.717, 1.165) is 0 Å². The van der Waals surface area contributed by atoms with Crippen LogP contribution in [0.15, 0.2) is 4.99 Å². The van der Waals surface area contributed by atoms with E-state index < -0.39 is 12.0 Å². The number of nitrogens with zero attached hydrogens (tertiary/aromatic N) is 1. The summed E-state index contributed by atoms with van der Waals surface area (Å²) in [6.45, 7) is 3.82. The van der Waals surface area contributed by atoms with Crippen molar-refractivity contribution in [3.8, 4) is 0 Å². The summed E-state index contributed by atoms with van der Waals surface area (Å²) < 4.78 is 0. The molecule has 4 nitrogen and oxygen atoms in total. The van der Waals surface area contributed by atoms with E-state index in [1.165, 1.54) is 0 Å². The minimum Gasteiger partial charge on any atom is -0.480 e. The van der Waals surface area contributed by atoms with Crippen molar-refractivity contribution in [1.29, 1.82) is 5.41 Å². The molecular formula is C7H12N2O2. The molecule has 1 atom stereocenters. The Hall–Kier alpha value is -1.15. The van der Waals surface area contributed by atoms with Crippen molar-refractivity contribution in [2.75, 3.05) is 0 Å². The summed E-state index contributed by atoms with van der Waals surface area (Å²) in [6.07, 6.45) is 0.460. The van der Waals surface area contributed by atoms with Crippen LogP contribution >= 0.6 is 0 Å². The molecule has 0 aromatic heterocycles. The van der Waals surface area contributed by atoms with Crippen LogP contribution in [-0.2, 0) is 4.79 Å². The second-order valence-electron chi connectivity index (χ2n) is 2.72. The lowest BCUT2D eigenvalue weighted by molar-refractivity contribution is -0.138. The van der Waals surface area contributed by atoms with Crippen LogP contribution in [0.4, 0.5) is 0 Å². The number of nitrogens with one attached hydrogen (secondary N) is 1. The van der Waals surface area contributed by atoms with Gasteiger partial charge in [0.2, 0.25) is 0 Å². The van der Waals surface area contributed by atoms with Gasteiger partial charge in [0.1, 0.15) is 0 Å². The predicted molar refractivity (Wildman–Crippen MR) is 41.0 cm³/mol. The Bertz CT molecular complexity index is 181. The molecule has 0 unspecified atom stereocenters. The molecule has 4 heteroatoms. The lowest BCUT2D eigenvalue weighted by Crippen LogP contribution is -2.19. The van der Waals surface area contributed by atoms with Crippen molar-refractivity contribution in [2.45, 2.75) is 26.3 Å². The van der Waals surface area contributed by atoms with E-state index in [9.17, 15) is 4.79 Å². The fourth-order valence-corrected chi connectivity index (χ4v) is 0.733. The monoisotopic (exact) mass is 156 g/mol. The van der Waals surface area contributed by atoms with Gasteiger partial charge in [-0.2, -0.15) is 0 Å². The van der Waals surface area contributed by atoms with Gasteiger partial charge in [0.15, 0.2) is 6.04 Å². The van der Waals surface area contributed by atoms with E-state index in [2.05, 4.69) is 4.99 Å². The van der Waals surface area contributed by atoms with E-state index >= 15 is 0 Å². The van der Waals surface area contributed by atoms with Gasteiger partial charge in [-0.3, -0.25) is 0 Å². The quantitative estimate of drug-likeness (QED) is 0.601. The number of hydrogen-bond acceptors (Lipinski definition) is 3. The number of carboxylic acids is 1. The molecule has 0 aliphatic heterocycles. The number of carboxylic acid groups (broad SMARTS) is 1. The van der Waals surface area contributed by atoms with Gasteiger partial charge in [-0.25, -0.2) is 15.2 Å². The standard InChI is InChI=1S/C7H12N2O2/c1-5(2)3-6(7(10)11)9-4-8/h5-6,8H,3H2,1-2H3,(H,10,11)/t6-/m0/s1. The molecule has 0 spiro atoms. The smallest absolute Gasteiger partial charge is 0.329 e. The van der Waals surface area contributed by atoms with Crippen molar-refractivity contribution in [3.05, 3.63) is 0 Å². The Morgan fingerprint density at radius 1 is 1.73 bits per heavy atom. The molecule has 0 aliphatic carbocycles. The molecule has 0 heterocycles. The molecule has 0 aromatic carbocycles. The van der Waals surface area contributed by atoms with Crippen molar-refractivity contribution in [3.63, 3.8) is 0 Å². The Labute approximate surface area is 65.5 Å². The van der Waals surface area contributed by atoms with Gasteiger partial charge < -0.3 is 5.11 Å². The maximum absolute atomic E-state index is 10.4. The molecule has 0 saturated carbocycles. The number of hydrogen-bond donors (Lipinski definition) is 2. The number of aliphatic carboxylic acids is 1. The largest absolute Gasteiger partial charge is 0.480 e. The summed E-state index contributed by atoms with van der Waals surface area (Å²) in [7, 11) is 0. The van der Waals surface area contributed by atoms with Crippen molar-refractivity contribution < 1.29 is 9.90 Å². The predicted octanol–water partition coefficient (Wildman–Crippen LogP) is 1.24. The summed E-state index contributed by atoms with van der Waals surface area (Å²) >= 11 is 0. The van der Waals surface area contributed by atoms with Gasteiger partial charge in [-0.15, -0.1) is 0 Å². The maximum Gasteiger partial charge on any atom is 0.329 e. The van der Waals surface area contributed by atoms with Crippen LogP contribution < -0.4 is 0 Å². The van der Waals surface area contributed by atoms with Crippen LogP contribution in [0.5, 0.6) is 0 Å². The zero-order chi connectivity index (χ0) is 8.85. The fourth-order valence-electron chi connectivity index (χ4n) is 0.733. The molecule has 0 bridgehead atoms. The lowest BCUT2D eigenvalue weighted by Gasteiger charge is -2.07. The maximum atomic E-state index is 10.4. The first-order valence-electron chi connectivity index (χ1n) is 3.42. The van der Waals surface area contributed by atoms with Gasteiger partial charge in [-0.1, -0.05) is 13.8 Å². The first-order valence-corrected chi connectivity index (χ1v) is 3.42. The highest BCUT2D eigenvalue weighted by molar-refractivity contribution is 5.74. The van der Waals surface area contributed by atoms with Gasteiger partial charge >= 0.3 is 5.97 Å². The molecule has 0 fully saturated rings. The second-order valence-corrected chi connectivity index (χ2v) is 2.72. The second kappa shape index (κ2) is 4.63. The van der Waals surface area contributed by atoms with Crippen molar-refractivity contribution in [2.24, 2.45) is 10.9 Å². The minimum absolute atomic E-state index is 0.271. The van der Waals surface area contributed by atoms with E-state index in [1.807, 2.05) is 13.8 Å². The third-order valence-electron chi connectivity index (χ3n) is 1.20. The van der Waals surface area contributed by atoms with Gasteiger partial charge in [0.05, 0.1) is 6.01 Å². The highest BCUT2D eigenvalue weighted by Crippen LogP contribution is 2.07. The highest BCUT2D eigenvalue weighted by Gasteiger charge is 2.16. The first-order chi connectivity index (χ1) is 5.07. The lowest BCUT2D eigenvalue weighted by atomic mass is 10.0. The fraction of sp³-hybridized carbons (Fsp3) is 0.714.